The molecule has 0 atom stereocenters. The van der Waals surface area contributed by atoms with Crippen molar-refractivity contribution < 1.29 is 27.2 Å². The lowest BCUT2D eigenvalue weighted by Gasteiger charge is -2.43. The minimum Gasteiger partial charge on any atom is -0.308 e. The molecule has 8 heteroatoms. The average Bonchev–Trinajstić information content (AvgIpc) is 2.77. The molecule has 0 saturated carbocycles. The van der Waals surface area contributed by atoms with E-state index >= 15 is 0 Å². The van der Waals surface area contributed by atoms with Crippen LogP contribution in [0.5, 0.6) is 0 Å². The Kier molecular flexibility index (Phi) is 6.88. The van der Waals surface area contributed by atoms with Gasteiger partial charge >= 0.3 is 15.2 Å². The van der Waals surface area contributed by atoms with Gasteiger partial charge in [0.05, 0.1) is 44.2 Å². The first-order valence-electron chi connectivity index (χ1n) is 10.7. The molecule has 0 amide bonds. The maximum atomic E-state index is 13.0. The van der Waals surface area contributed by atoms with Crippen LogP contribution in [0, 0.1) is 19.3 Å². The van der Waals surface area contributed by atoms with Gasteiger partial charge in [0.15, 0.2) is 0 Å². The quantitative estimate of drug-likeness (QED) is 0.522. The van der Waals surface area contributed by atoms with Crippen LogP contribution in [0.25, 0.3) is 0 Å². The van der Waals surface area contributed by atoms with Gasteiger partial charge in [-0.25, -0.2) is 0 Å². The Morgan fingerprint density at radius 2 is 1.03 bits per heavy atom. The smallest absolute Gasteiger partial charge is 0.308 e. The average molecular weight is 464 g/mol. The van der Waals surface area contributed by atoms with Crippen LogP contribution < -0.4 is 0 Å². The topological polar surface area (TPSA) is 71.1 Å². The number of benzene rings is 2. The van der Waals surface area contributed by atoms with Gasteiger partial charge in [-0.05, 0) is 48.9 Å². The molecular weight excluding hydrogens is 434 g/mol. The Morgan fingerprint density at radius 3 is 1.39 bits per heavy atom. The summed E-state index contributed by atoms with van der Waals surface area (Å²) in [5, 5.41) is 0. The lowest BCUT2D eigenvalue weighted by molar-refractivity contribution is -0.0683. The van der Waals surface area contributed by atoms with Crippen LogP contribution in [0.3, 0.4) is 0 Å². The van der Waals surface area contributed by atoms with Gasteiger partial charge in [0.2, 0.25) is 0 Å². The second-order valence-corrected chi connectivity index (χ2v) is 13.0. The van der Waals surface area contributed by atoms with Crippen LogP contribution in [0.2, 0.25) is 0 Å². The van der Waals surface area contributed by atoms with Crippen molar-refractivity contribution in [2.45, 2.75) is 26.7 Å². The number of hydrogen-bond acceptors (Lipinski definition) is 6. The molecule has 31 heavy (non-hydrogen) atoms. The van der Waals surface area contributed by atoms with Crippen LogP contribution in [0.4, 0.5) is 0 Å². The summed E-state index contributed by atoms with van der Waals surface area (Å²) >= 11 is 0. The van der Waals surface area contributed by atoms with E-state index in [9.17, 15) is 9.13 Å². The summed E-state index contributed by atoms with van der Waals surface area (Å²) in [4.78, 5) is 0. The lowest BCUT2D eigenvalue weighted by Crippen LogP contribution is -2.46. The summed E-state index contributed by atoms with van der Waals surface area (Å²) in [6, 6.07) is 16.1. The van der Waals surface area contributed by atoms with E-state index in [2.05, 4.69) is 0 Å². The molecule has 2 aromatic carbocycles. The van der Waals surface area contributed by atoms with Gasteiger partial charge in [-0.3, -0.25) is 9.13 Å². The van der Waals surface area contributed by atoms with Crippen molar-refractivity contribution in [1.29, 1.82) is 0 Å². The van der Waals surface area contributed by atoms with E-state index < -0.39 is 20.6 Å². The Hall–Kier alpha value is -1.26. The highest BCUT2D eigenvalue weighted by atomic mass is 31.2. The zero-order valence-electron chi connectivity index (χ0n) is 18.1. The van der Waals surface area contributed by atoms with Crippen molar-refractivity contribution in [3.63, 3.8) is 0 Å². The minimum atomic E-state index is -3.16. The minimum absolute atomic E-state index is 0.218. The predicted octanol–water partition coefficient (Wildman–Crippen LogP) is 5.55. The standard InChI is InChI=1S/C23H30O6P2/c1-19-7-3-5-9-21(19)11-13-30(24)26-15-23(16-27-30)17-28-31(25,29-18-23)14-12-22-10-6-4-8-20(22)2/h3-10H,11-18H2,1-2H3. The zero-order valence-corrected chi connectivity index (χ0v) is 19.9. The summed E-state index contributed by atoms with van der Waals surface area (Å²) in [5.41, 5.74) is 4.05. The third kappa shape index (κ3) is 5.57. The molecule has 2 aliphatic rings. The lowest BCUT2D eigenvalue weighted by atomic mass is 9.93. The van der Waals surface area contributed by atoms with E-state index in [-0.39, 0.29) is 26.4 Å². The van der Waals surface area contributed by atoms with Gasteiger partial charge in [-0.1, -0.05) is 48.5 Å². The molecule has 4 rings (SSSR count). The zero-order chi connectivity index (χ0) is 22.0. The highest BCUT2D eigenvalue weighted by Crippen LogP contribution is 2.59. The molecule has 2 aromatic rings. The molecule has 1 spiro atoms. The fourth-order valence-electron chi connectivity index (χ4n) is 3.82. The molecule has 2 aliphatic heterocycles. The highest BCUT2D eigenvalue weighted by Gasteiger charge is 2.48. The predicted molar refractivity (Wildman–Crippen MR) is 121 cm³/mol. The van der Waals surface area contributed by atoms with E-state index in [0.29, 0.717) is 25.2 Å². The molecule has 2 heterocycles. The first-order chi connectivity index (χ1) is 14.8. The molecule has 6 nitrogen and oxygen atoms in total. The summed E-state index contributed by atoms with van der Waals surface area (Å²) < 4.78 is 48.8. The van der Waals surface area contributed by atoms with E-state index in [1.54, 1.807) is 0 Å². The van der Waals surface area contributed by atoms with Gasteiger partial charge in [0.25, 0.3) is 0 Å². The van der Waals surface area contributed by atoms with Crippen molar-refractivity contribution in [2.24, 2.45) is 5.41 Å². The molecule has 0 radical (unpaired) electrons. The molecule has 0 aromatic heterocycles. The molecule has 0 N–H and O–H groups in total. The molecule has 0 aliphatic carbocycles. The van der Waals surface area contributed by atoms with Gasteiger partial charge in [-0.2, -0.15) is 0 Å². The number of rotatable bonds is 6. The summed E-state index contributed by atoms with van der Waals surface area (Å²) in [5.74, 6) is 0. The van der Waals surface area contributed by atoms with Crippen LogP contribution >= 0.6 is 15.2 Å². The summed E-state index contributed by atoms with van der Waals surface area (Å²) in [6.45, 7) is 4.95. The van der Waals surface area contributed by atoms with Gasteiger partial charge < -0.3 is 18.1 Å². The third-order valence-corrected chi connectivity index (χ3v) is 9.73. The van der Waals surface area contributed by atoms with Crippen LogP contribution in [0.15, 0.2) is 48.5 Å². The normalized spacial score (nSPS) is 31.0. The second-order valence-electron chi connectivity index (χ2n) is 8.62. The first-order valence-corrected chi connectivity index (χ1v) is 14.1. The molecule has 2 fully saturated rings. The highest BCUT2D eigenvalue weighted by molar-refractivity contribution is 7.54. The first kappa shape index (κ1) is 22.9. The van der Waals surface area contributed by atoms with Crippen molar-refractivity contribution >= 4 is 15.2 Å². The number of hydrogen-bond donors (Lipinski definition) is 0. The van der Waals surface area contributed by atoms with Crippen molar-refractivity contribution in [2.75, 3.05) is 38.8 Å². The fourth-order valence-corrected chi connectivity index (χ4v) is 7.40. The summed E-state index contributed by atoms with van der Waals surface area (Å²) in [6.07, 6.45) is 1.95. The van der Waals surface area contributed by atoms with Crippen molar-refractivity contribution in [3.8, 4) is 0 Å². The maximum absolute atomic E-state index is 13.0. The van der Waals surface area contributed by atoms with Gasteiger partial charge in [0, 0.05) is 0 Å². The van der Waals surface area contributed by atoms with Crippen molar-refractivity contribution in [1.82, 2.24) is 0 Å². The van der Waals surface area contributed by atoms with Gasteiger partial charge in [-0.15, -0.1) is 0 Å². The molecule has 168 valence electrons. The molecule has 2 saturated heterocycles. The van der Waals surface area contributed by atoms with E-state index in [1.807, 2.05) is 62.4 Å². The molecular formula is C23H30O6P2. The third-order valence-electron chi connectivity index (χ3n) is 6.10. The van der Waals surface area contributed by atoms with E-state index in [0.717, 1.165) is 22.3 Å². The Morgan fingerprint density at radius 1 is 0.677 bits per heavy atom. The number of aryl methyl sites for hydroxylation is 4. The van der Waals surface area contributed by atoms with E-state index in [1.165, 1.54) is 0 Å². The van der Waals surface area contributed by atoms with Gasteiger partial charge in [0.1, 0.15) is 0 Å². The van der Waals surface area contributed by atoms with Crippen LogP contribution in [-0.2, 0) is 40.1 Å². The summed E-state index contributed by atoms with van der Waals surface area (Å²) in [7, 11) is -6.32. The Balaban J connectivity index is 1.28. The molecule has 0 unspecified atom stereocenters. The fraction of sp³-hybridized carbons (Fsp3) is 0.478. The molecule has 0 bridgehead atoms. The second kappa shape index (κ2) is 9.31. The van der Waals surface area contributed by atoms with Crippen LogP contribution in [0.1, 0.15) is 22.3 Å². The van der Waals surface area contributed by atoms with E-state index in [4.69, 9.17) is 18.1 Å². The largest absolute Gasteiger partial charge is 0.331 e. The van der Waals surface area contributed by atoms with Crippen LogP contribution in [-0.4, -0.2) is 38.8 Å². The Bertz CT molecular complexity index is 912. The maximum Gasteiger partial charge on any atom is 0.331 e. The Labute approximate surface area is 184 Å². The monoisotopic (exact) mass is 464 g/mol. The SMILES string of the molecule is Cc1ccccc1CCP1(=O)OCC2(CO1)COP(=O)(CCc1ccccc1C)OC2. The van der Waals surface area contributed by atoms with Crippen molar-refractivity contribution in [3.05, 3.63) is 70.8 Å².